The van der Waals surface area contributed by atoms with Gasteiger partial charge in [-0.1, -0.05) is 0 Å². The van der Waals surface area contributed by atoms with E-state index in [1.807, 2.05) is 22.6 Å². The third-order valence-electron chi connectivity index (χ3n) is 2.37. The van der Waals surface area contributed by atoms with E-state index in [2.05, 4.69) is 0 Å². The Hall–Kier alpha value is -1.22. The van der Waals surface area contributed by atoms with Crippen LogP contribution in [0.2, 0.25) is 0 Å². The lowest BCUT2D eigenvalue weighted by Crippen LogP contribution is -2.27. The lowest BCUT2D eigenvalue weighted by atomic mass is 10.1. The van der Waals surface area contributed by atoms with Crippen LogP contribution >= 0.6 is 22.6 Å². The number of nitro groups is 1. The average molecular weight is 348 g/mol. The minimum atomic E-state index is -0.550. The largest absolute Gasteiger partial charge is 0.284 e. The fraction of sp³-hybridized carbons (Fsp3) is 0.300. The molecule has 1 heterocycles. The first-order valence-corrected chi connectivity index (χ1v) is 6.06. The van der Waals surface area contributed by atoms with Crippen molar-refractivity contribution < 1.29 is 14.6 Å². The monoisotopic (exact) mass is 348 g/mol. The van der Waals surface area contributed by atoms with Gasteiger partial charge in [-0.25, -0.2) is 5.06 Å². The molecule has 6 nitrogen and oxygen atoms in total. The molecule has 0 aliphatic carbocycles. The van der Waals surface area contributed by atoms with Gasteiger partial charge in [0, 0.05) is 9.64 Å². The van der Waals surface area contributed by atoms with Crippen LogP contribution in [0.5, 0.6) is 0 Å². The van der Waals surface area contributed by atoms with Crippen LogP contribution in [0.15, 0.2) is 18.2 Å². The number of hydroxylamine groups is 2. The van der Waals surface area contributed by atoms with Crippen molar-refractivity contribution in [3.05, 3.63) is 37.4 Å². The Labute approximate surface area is 111 Å². The molecule has 0 aromatic heterocycles. The van der Waals surface area contributed by atoms with Gasteiger partial charge in [0.2, 0.25) is 0 Å². The van der Waals surface area contributed by atoms with Crippen molar-refractivity contribution >= 4 is 34.2 Å². The van der Waals surface area contributed by atoms with Gasteiger partial charge < -0.3 is 0 Å². The van der Waals surface area contributed by atoms with Crippen molar-refractivity contribution in [2.75, 3.05) is 13.2 Å². The standard InChI is InChI=1S/C10H9IN2O4/c11-7-2-3-8(9(6-7)13(15)16)10(14)12-4-1-5-17-12/h2-3,6H,1,4-5H2. The van der Waals surface area contributed by atoms with Gasteiger partial charge in [0.25, 0.3) is 11.6 Å². The predicted octanol–water partition coefficient (Wildman–Crippen LogP) is 1.98. The van der Waals surface area contributed by atoms with Crippen molar-refractivity contribution in [3.8, 4) is 0 Å². The molecule has 0 spiro atoms. The number of nitro benzene ring substituents is 1. The van der Waals surface area contributed by atoms with Crippen LogP contribution in [0.1, 0.15) is 16.8 Å². The summed E-state index contributed by atoms with van der Waals surface area (Å²) in [4.78, 5) is 27.4. The molecular weight excluding hydrogens is 339 g/mol. The van der Waals surface area contributed by atoms with Gasteiger partial charge in [-0.3, -0.25) is 19.7 Å². The summed E-state index contributed by atoms with van der Waals surface area (Å²) in [6.45, 7) is 0.950. The fourth-order valence-electron chi connectivity index (χ4n) is 1.58. The van der Waals surface area contributed by atoms with E-state index in [0.29, 0.717) is 16.7 Å². The lowest BCUT2D eigenvalue weighted by Gasteiger charge is -2.13. The fourth-order valence-corrected chi connectivity index (χ4v) is 2.05. The molecule has 1 aliphatic rings. The summed E-state index contributed by atoms with van der Waals surface area (Å²) in [5, 5.41) is 12.1. The second kappa shape index (κ2) is 4.96. The highest BCUT2D eigenvalue weighted by Gasteiger charge is 2.27. The van der Waals surface area contributed by atoms with E-state index < -0.39 is 10.8 Å². The summed E-state index contributed by atoms with van der Waals surface area (Å²) < 4.78 is 0.716. The molecule has 0 atom stereocenters. The summed E-state index contributed by atoms with van der Waals surface area (Å²) in [5.41, 5.74) is -0.116. The Balaban J connectivity index is 2.36. The minimum Gasteiger partial charge on any atom is -0.271 e. The maximum Gasteiger partial charge on any atom is 0.284 e. The molecule has 0 unspecified atom stereocenters. The van der Waals surface area contributed by atoms with Crippen molar-refractivity contribution in [2.45, 2.75) is 6.42 Å². The molecule has 7 heteroatoms. The number of nitrogens with zero attached hydrogens (tertiary/aromatic N) is 2. The van der Waals surface area contributed by atoms with Crippen LogP contribution in [-0.2, 0) is 4.84 Å². The van der Waals surface area contributed by atoms with Gasteiger partial charge in [0.05, 0.1) is 18.1 Å². The summed E-state index contributed by atoms with van der Waals surface area (Å²) >= 11 is 1.97. The number of carbonyl (C=O) groups is 1. The number of carbonyl (C=O) groups excluding carboxylic acids is 1. The smallest absolute Gasteiger partial charge is 0.271 e. The minimum absolute atomic E-state index is 0.0670. The Morgan fingerprint density at radius 3 is 2.88 bits per heavy atom. The maximum atomic E-state index is 12.0. The van der Waals surface area contributed by atoms with E-state index in [1.165, 1.54) is 17.2 Å². The Bertz CT molecular complexity index is 471. The second-order valence-corrected chi connectivity index (χ2v) is 4.76. The molecule has 0 radical (unpaired) electrons. The molecule has 1 aromatic carbocycles. The Kier molecular flexibility index (Phi) is 3.57. The zero-order valence-electron chi connectivity index (χ0n) is 8.76. The van der Waals surface area contributed by atoms with Crippen LogP contribution in [-0.4, -0.2) is 29.0 Å². The summed E-state index contributed by atoms with van der Waals surface area (Å²) in [5.74, 6) is -0.453. The van der Waals surface area contributed by atoms with Crippen molar-refractivity contribution in [2.24, 2.45) is 0 Å². The number of rotatable bonds is 2. The first-order valence-electron chi connectivity index (χ1n) is 4.98. The SMILES string of the molecule is O=C(c1ccc(I)cc1[N+](=O)[O-])N1CCCO1. The molecule has 17 heavy (non-hydrogen) atoms. The van der Waals surface area contributed by atoms with Crippen molar-refractivity contribution in [1.82, 2.24) is 5.06 Å². The summed E-state index contributed by atoms with van der Waals surface area (Å²) in [6.07, 6.45) is 0.754. The highest BCUT2D eigenvalue weighted by molar-refractivity contribution is 14.1. The number of hydrogen-bond donors (Lipinski definition) is 0. The highest BCUT2D eigenvalue weighted by atomic mass is 127. The number of benzene rings is 1. The van der Waals surface area contributed by atoms with Gasteiger partial charge in [-0.2, -0.15) is 0 Å². The normalized spacial score (nSPS) is 15.0. The molecule has 0 N–H and O–H groups in total. The molecule has 1 amide bonds. The molecule has 2 rings (SSSR count). The second-order valence-electron chi connectivity index (χ2n) is 3.51. The molecule has 90 valence electrons. The number of hydrogen-bond acceptors (Lipinski definition) is 4. The Morgan fingerprint density at radius 2 is 2.29 bits per heavy atom. The molecule has 1 aliphatic heterocycles. The molecular formula is C10H9IN2O4. The van der Waals surface area contributed by atoms with Gasteiger partial charge in [0.1, 0.15) is 5.56 Å². The average Bonchev–Trinajstić information content (AvgIpc) is 2.81. The first kappa shape index (κ1) is 12.2. The van der Waals surface area contributed by atoms with E-state index in [9.17, 15) is 14.9 Å². The summed E-state index contributed by atoms with van der Waals surface area (Å²) in [7, 11) is 0. The molecule has 1 fully saturated rings. The molecule has 1 aromatic rings. The van der Waals surface area contributed by atoms with Crippen LogP contribution in [0, 0.1) is 13.7 Å². The van der Waals surface area contributed by atoms with Crippen LogP contribution in [0.3, 0.4) is 0 Å². The van der Waals surface area contributed by atoms with Crippen molar-refractivity contribution in [3.63, 3.8) is 0 Å². The number of amides is 1. The third kappa shape index (κ3) is 2.55. The topological polar surface area (TPSA) is 72.7 Å². The Morgan fingerprint density at radius 1 is 1.53 bits per heavy atom. The summed E-state index contributed by atoms with van der Waals surface area (Å²) in [6, 6.07) is 4.50. The van der Waals surface area contributed by atoms with Crippen LogP contribution < -0.4 is 0 Å². The quantitative estimate of drug-likeness (QED) is 0.465. The van der Waals surface area contributed by atoms with Crippen LogP contribution in [0.25, 0.3) is 0 Å². The predicted molar refractivity (Wildman–Crippen MR) is 67.4 cm³/mol. The zero-order chi connectivity index (χ0) is 12.4. The zero-order valence-corrected chi connectivity index (χ0v) is 10.9. The molecule has 0 bridgehead atoms. The molecule has 0 saturated carbocycles. The van der Waals surface area contributed by atoms with Gasteiger partial charge in [-0.05, 0) is 41.1 Å². The van der Waals surface area contributed by atoms with E-state index in [4.69, 9.17) is 4.84 Å². The highest BCUT2D eigenvalue weighted by Crippen LogP contribution is 2.24. The van der Waals surface area contributed by atoms with Gasteiger partial charge >= 0.3 is 0 Å². The van der Waals surface area contributed by atoms with E-state index in [1.54, 1.807) is 6.07 Å². The van der Waals surface area contributed by atoms with Crippen LogP contribution in [0.4, 0.5) is 5.69 Å². The third-order valence-corrected chi connectivity index (χ3v) is 3.04. The van der Waals surface area contributed by atoms with E-state index >= 15 is 0 Å². The first-order chi connectivity index (χ1) is 8.09. The van der Waals surface area contributed by atoms with E-state index in [0.717, 1.165) is 6.42 Å². The maximum absolute atomic E-state index is 12.0. The van der Waals surface area contributed by atoms with Gasteiger partial charge in [-0.15, -0.1) is 0 Å². The van der Waals surface area contributed by atoms with E-state index in [-0.39, 0.29) is 11.3 Å². The molecule has 1 saturated heterocycles. The van der Waals surface area contributed by atoms with Crippen molar-refractivity contribution in [1.29, 1.82) is 0 Å². The number of halogens is 1. The lowest BCUT2D eigenvalue weighted by molar-refractivity contribution is -0.385. The van der Waals surface area contributed by atoms with Gasteiger partial charge in [0.15, 0.2) is 0 Å².